The summed E-state index contributed by atoms with van der Waals surface area (Å²) in [6.45, 7) is 4.12. The molecule has 66 valence electrons. The van der Waals surface area contributed by atoms with Crippen molar-refractivity contribution in [2.45, 2.75) is 32.8 Å². The Bertz CT molecular complexity index is 127. The molecule has 1 heterocycles. The van der Waals surface area contributed by atoms with Crippen LogP contribution in [-0.4, -0.2) is 19.1 Å². The first-order valence-corrected chi connectivity index (χ1v) is 4.01. The maximum atomic E-state index is 12.1. The van der Waals surface area contributed by atoms with Gasteiger partial charge >= 0.3 is 0 Å². The van der Waals surface area contributed by atoms with Crippen molar-refractivity contribution in [2.75, 3.05) is 6.61 Å². The zero-order valence-electron chi connectivity index (χ0n) is 6.89. The molecule has 1 aliphatic rings. The van der Waals surface area contributed by atoms with Gasteiger partial charge in [0, 0.05) is 5.92 Å². The zero-order valence-corrected chi connectivity index (χ0v) is 6.89. The van der Waals surface area contributed by atoms with Gasteiger partial charge in [0.1, 0.15) is 0 Å². The summed E-state index contributed by atoms with van der Waals surface area (Å²) in [5.41, 5.74) is 0. The predicted molar refractivity (Wildman–Crippen MR) is 38.7 cm³/mol. The molecule has 0 spiro atoms. The van der Waals surface area contributed by atoms with E-state index in [1.165, 1.54) is 0 Å². The van der Waals surface area contributed by atoms with Gasteiger partial charge in [-0.1, -0.05) is 6.92 Å². The molecule has 0 amide bonds. The van der Waals surface area contributed by atoms with Crippen LogP contribution < -0.4 is 0 Å². The topological polar surface area (TPSA) is 9.23 Å². The van der Waals surface area contributed by atoms with Crippen molar-refractivity contribution in [3.63, 3.8) is 0 Å². The molecule has 0 bridgehead atoms. The van der Waals surface area contributed by atoms with Gasteiger partial charge in [-0.2, -0.15) is 0 Å². The summed E-state index contributed by atoms with van der Waals surface area (Å²) in [4.78, 5) is 0. The Labute approximate surface area is 65.7 Å². The van der Waals surface area contributed by atoms with E-state index >= 15 is 0 Å². The van der Waals surface area contributed by atoms with Crippen LogP contribution in [0.5, 0.6) is 0 Å². The Kier molecular flexibility index (Phi) is 2.82. The monoisotopic (exact) mass is 164 g/mol. The Morgan fingerprint density at radius 2 is 2.00 bits per heavy atom. The molecule has 3 heteroatoms. The molecule has 1 nitrogen and oxygen atoms in total. The third-order valence-electron chi connectivity index (χ3n) is 2.41. The summed E-state index contributed by atoms with van der Waals surface area (Å²) in [7, 11) is 0. The van der Waals surface area contributed by atoms with Crippen LogP contribution in [0.1, 0.15) is 20.3 Å². The molecule has 1 unspecified atom stereocenters. The van der Waals surface area contributed by atoms with Crippen molar-refractivity contribution in [3.05, 3.63) is 0 Å². The molecule has 0 aromatic heterocycles. The fourth-order valence-electron chi connectivity index (χ4n) is 1.35. The minimum atomic E-state index is -2.22. The van der Waals surface area contributed by atoms with Crippen molar-refractivity contribution in [2.24, 2.45) is 11.8 Å². The van der Waals surface area contributed by atoms with Gasteiger partial charge in [0.25, 0.3) is 0 Å². The van der Waals surface area contributed by atoms with Crippen LogP contribution >= 0.6 is 0 Å². The van der Waals surface area contributed by atoms with Crippen LogP contribution in [0.4, 0.5) is 8.78 Å². The van der Waals surface area contributed by atoms with E-state index in [9.17, 15) is 8.78 Å². The summed E-state index contributed by atoms with van der Waals surface area (Å²) >= 11 is 0. The van der Waals surface area contributed by atoms with E-state index in [2.05, 4.69) is 0 Å². The fraction of sp³-hybridized carbons (Fsp3) is 1.00. The average molecular weight is 164 g/mol. The largest absolute Gasteiger partial charge is 0.378 e. The van der Waals surface area contributed by atoms with Crippen LogP contribution in [0.2, 0.25) is 0 Å². The van der Waals surface area contributed by atoms with E-state index in [1.807, 2.05) is 13.8 Å². The molecule has 1 saturated heterocycles. The van der Waals surface area contributed by atoms with Crippen LogP contribution in [0.15, 0.2) is 0 Å². The summed E-state index contributed by atoms with van der Waals surface area (Å²) in [5.74, 6) is -0.274. The van der Waals surface area contributed by atoms with Gasteiger partial charge in [-0.25, -0.2) is 8.78 Å². The van der Waals surface area contributed by atoms with E-state index < -0.39 is 12.3 Å². The van der Waals surface area contributed by atoms with E-state index in [4.69, 9.17) is 4.74 Å². The molecule has 1 rings (SSSR count). The highest BCUT2D eigenvalue weighted by atomic mass is 19.3. The Morgan fingerprint density at radius 1 is 1.36 bits per heavy atom. The van der Waals surface area contributed by atoms with Gasteiger partial charge in [-0.15, -0.1) is 0 Å². The summed E-state index contributed by atoms with van der Waals surface area (Å²) in [6.07, 6.45) is -1.48. The van der Waals surface area contributed by atoms with Crippen molar-refractivity contribution < 1.29 is 13.5 Å². The molecule has 3 atom stereocenters. The Morgan fingerprint density at radius 3 is 2.45 bits per heavy atom. The van der Waals surface area contributed by atoms with Crippen LogP contribution in [-0.2, 0) is 4.74 Å². The highest BCUT2D eigenvalue weighted by molar-refractivity contribution is 4.74. The number of hydrogen-bond donors (Lipinski definition) is 0. The van der Waals surface area contributed by atoms with E-state index in [1.54, 1.807) is 0 Å². The molecule has 11 heavy (non-hydrogen) atoms. The highest BCUT2D eigenvalue weighted by Crippen LogP contribution is 2.28. The second kappa shape index (κ2) is 3.48. The number of hydrogen-bond acceptors (Lipinski definition) is 1. The normalized spacial score (nSPS) is 39.5. The molecule has 1 aliphatic heterocycles. The van der Waals surface area contributed by atoms with E-state index in [-0.39, 0.29) is 18.6 Å². The van der Waals surface area contributed by atoms with E-state index in [0.29, 0.717) is 6.42 Å². The van der Waals surface area contributed by atoms with Gasteiger partial charge in [-0.05, 0) is 19.3 Å². The Balaban J connectivity index is 2.40. The highest BCUT2D eigenvalue weighted by Gasteiger charge is 2.30. The third-order valence-corrected chi connectivity index (χ3v) is 2.41. The van der Waals surface area contributed by atoms with Gasteiger partial charge in [-0.3, -0.25) is 0 Å². The SMILES string of the molecule is C[C@@H]1OCC(C(F)F)C[C@@H]1C. The number of rotatable bonds is 1. The van der Waals surface area contributed by atoms with Crippen molar-refractivity contribution in [1.82, 2.24) is 0 Å². The molecular formula is C8H14F2O. The standard InChI is InChI=1S/C8H14F2O/c1-5-3-7(8(9)10)4-11-6(5)2/h5-8H,3-4H2,1-2H3/t5-,6-,7?/m0/s1. The summed E-state index contributed by atoms with van der Waals surface area (Å²) < 4.78 is 29.5. The maximum absolute atomic E-state index is 12.1. The number of halogens is 2. The molecule has 0 saturated carbocycles. The van der Waals surface area contributed by atoms with Crippen LogP contribution in [0.3, 0.4) is 0 Å². The maximum Gasteiger partial charge on any atom is 0.243 e. The summed E-state index contributed by atoms with van der Waals surface area (Å²) in [6, 6.07) is 0. The third kappa shape index (κ3) is 2.12. The number of ether oxygens (including phenoxy) is 1. The smallest absolute Gasteiger partial charge is 0.243 e. The predicted octanol–water partition coefficient (Wildman–Crippen LogP) is 2.31. The quantitative estimate of drug-likeness (QED) is 0.578. The lowest BCUT2D eigenvalue weighted by Crippen LogP contribution is -2.34. The lowest BCUT2D eigenvalue weighted by molar-refractivity contribution is -0.0845. The van der Waals surface area contributed by atoms with Gasteiger partial charge < -0.3 is 4.74 Å². The second-order valence-corrected chi connectivity index (χ2v) is 3.35. The molecule has 0 aromatic rings. The lowest BCUT2D eigenvalue weighted by atomic mass is 9.90. The van der Waals surface area contributed by atoms with Crippen molar-refractivity contribution >= 4 is 0 Å². The second-order valence-electron chi connectivity index (χ2n) is 3.35. The molecular weight excluding hydrogens is 150 g/mol. The molecule has 0 aliphatic carbocycles. The van der Waals surface area contributed by atoms with Gasteiger partial charge in [0.2, 0.25) is 6.43 Å². The van der Waals surface area contributed by atoms with Crippen molar-refractivity contribution in [1.29, 1.82) is 0 Å². The molecule has 1 fully saturated rings. The summed E-state index contributed by atoms with van der Waals surface area (Å²) in [5, 5.41) is 0. The van der Waals surface area contributed by atoms with E-state index in [0.717, 1.165) is 0 Å². The molecule has 0 N–H and O–H groups in total. The Hall–Kier alpha value is -0.180. The first-order valence-electron chi connectivity index (χ1n) is 4.01. The van der Waals surface area contributed by atoms with Crippen LogP contribution in [0.25, 0.3) is 0 Å². The van der Waals surface area contributed by atoms with Crippen molar-refractivity contribution in [3.8, 4) is 0 Å². The minimum Gasteiger partial charge on any atom is -0.378 e. The van der Waals surface area contributed by atoms with Gasteiger partial charge in [0.05, 0.1) is 12.7 Å². The zero-order chi connectivity index (χ0) is 8.43. The van der Waals surface area contributed by atoms with Crippen LogP contribution in [0, 0.1) is 11.8 Å². The minimum absolute atomic E-state index is 0.144. The number of alkyl halides is 2. The first-order chi connectivity index (χ1) is 5.11. The molecule has 0 aromatic carbocycles. The first kappa shape index (κ1) is 8.91. The van der Waals surface area contributed by atoms with Gasteiger partial charge in [0.15, 0.2) is 0 Å². The average Bonchev–Trinajstić information content (AvgIpc) is 1.94. The fourth-order valence-corrected chi connectivity index (χ4v) is 1.35. The molecule has 0 radical (unpaired) electrons. The lowest BCUT2D eigenvalue weighted by Gasteiger charge is -2.31.